The Hall–Kier alpha value is -1.94. The number of esters is 4. The molecule has 0 saturated carbocycles. The summed E-state index contributed by atoms with van der Waals surface area (Å²) < 4.78 is 68.8. The van der Waals surface area contributed by atoms with Crippen molar-refractivity contribution in [3.8, 4) is 0 Å². The molecule has 0 aromatic rings. The zero-order valence-corrected chi connectivity index (χ0v) is 69.4. The molecule has 0 amide bonds. The molecule has 0 heterocycles. The Morgan fingerprint density at radius 3 is 0.660 bits per heavy atom. The maximum atomic E-state index is 13.1. The highest BCUT2D eigenvalue weighted by molar-refractivity contribution is 7.47. The second-order valence-corrected chi connectivity index (χ2v) is 34.1. The van der Waals surface area contributed by atoms with Gasteiger partial charge in [0.05, 0.1) is 26.4 Å². The molecule has 0 saturated heterocycles. The van der Waals surface area contributed by atoms with Gasteiger partial charge >= 0.3 is 39.5 Å². The van der Waals surface area contributed by atoms with Gasteiger partial charge in [-0.3, -0.25) is 37.3 Å². The number of phosphoric ester groups is 2. The summed E-state index contributed by atoms with van der Waals surface area (Å²) in [7, 11) is -9.92. The molecule has 0 aliphatic carbocycles. The number of carbonyl (C=O) groups excluding carboxylic acids is 4. The summed E-state index contributed by atoms with van der Waals surface area (Å²) in [5.74, 6) is -0.624. The summed E-state index contributed by atoms with van der Waals surface area (Å²) >= 11 is 0. The number of aliphatic hydroxyl groups excluding tert-OH is 1. The molecular weight excluding hydrogens is 1340 g/mol. The van der Waals surface area contributed by atoms with E-state index in [1.165, 1.54) is 257 Å². The fraction of sp³-hybridized carbons (Fsp3) is 0.952. The fourth-order valence-electron chi connectivity index (χ4n) is 13.1. The monoisotopic (exact) mass is 1510 g/mol. The molecule has 0 aromatic heterocycles. The summed E-state index contributed by atoms with van der Waals surface area (Å²) in [6, 6.07) is 0. The van der Waals surface area contributed by atoms with Crippen LogP contribution >= 0.6 is 15.6 Å². The Balaban J connectivity index is 5.23. The van der Waals surface area contributed by atoms with Gasteiger partial charge in [0, 0.05) is 25.7 Å². The molecule has 0 fully saturated rings. The Morgan fingerprint density at radius 2 is 0.447 bits per heavy atom. The smallest absolute Gasteiger partial charge is 0.462 e. The van der Waals surface area contributed by atoms with Crippen molar-refractivity contribution in [2.75, 3.05) is 39.6 Å². The van der Waals surface area contributed by atoms with E-state index in [-0.39, 0.29) is 25.7 Å². The molecule has 103 heavy (non-hydrogen) atoms. The number of hydrogen-bond donors (Lipinski definition) is 3. The lowest BCUT2D eigenvalue weighted by atomic mass is 10.0. The van der Waals surface area contributed by atoms with Crippen LogP contribution in [0.2, 0.25) is 0 Å². The van der Waals surface area contributed by atoms with Crippen molar-refractivity contribution >= 4 is 39.5 Å². The topological polar surface area (TPSA) is 237 Å². The Kier molecular flexibility index (Phi) is 74.1. The number of unbranched alkanes of at least 4 members (excludes halogenated alkanes) is 53. The van der Waals surface area contributed by atoms with Crippen LogP contribution in [0, 0.1) is 11.8 Å². The van der Waals surface area contributed by atoms with E-state index in [1.54, 1.807) is 0 Å². The third-order valence-corrected chi connectivity index (χ3v) is 21.6. The lowest BCUT2D eigenvalue weighted by Gasteiger charge is -2.21. The Bertz CT molecular complexity index is 1980. The molecule has 19 heteroatoms. The number of phosphoric acid groups is 2. The molecule has 0 rings (SSSR count). The first-order chi connectivity index (χ1) is 49.9. The zero-order chi connectivity index (χ0) is 75.6. The van der Waals surface area contributed by atoms with E-state index >= 15 is 0 Å². The van der Waals surface area contributed by atoms with Crippen LogP contribution in [0.15, 0.2) is 0 Å². The van der Waals surface area contributed by atoms with Gasteiger partial charge in [0.15, 0.2) is 12.2 Å². The minimum absolute atomic E-state index is 0.106. The summed E-state index contributed by atoms with van der Waals surface area (Å²) in [5.41, 5.74) is 0. The molecule has 0 spiro atoms. The SMILES string of the molecule is CCCCCCCCCCCCCCCCCCCCCCC(=O)O[C@H](COC(=O)CCCCCCCCCCCCCCCCCCCC)COP(=O)(O)OC[C@@H](O)COP(=O)(O)OC[C@@H](COC(=O)CCCCCCCCCC(C)C)OC(=O)CCCCCCCCCCCCCCC(C)C. The van der Waals surface area contributed by atoms with Gasteiger partial charge in [0.2, 0.25) is 0 Å². The summed E-state index contributed by atoms with van der Waals surface area (Å²) in [6.45, 7) is 9.61. The van der Waals surface area contributed by atoms with Gasteiger partial charge in [-0.15, -0.1) is 0 Å². The summed E-state index contributed by atoms with van der Waals surface area (Å²) in [5, 5.41) is 10.7. The Labute approximate surface area is 632 Å². The van der Waals surface area contributed by atoms with E-state index in [9.17, 15) is 43.2 Å². The standard InChI is InChI=1S/C84H164O17P2/c1-7-9-11-13-15-17-19-21-23-25-27-28-30-32-34-39-43-49-56-62-68-83(88)100-79(72-94-81(86)66-60-54-48-42-38-33-31-29-26-24-22-20-18-16-14-12-10-8-2)74-98-102(90,91)96-70-78(85)71-97-103(92,93)99-75-80(73-95-82(87)67-61-55-51-45-47-53-59-65-77(5)6)101-84(89)69-63-57-50-44-40-36-35-37-41-46-52-58-64-76(3)4/h76-80,85H,7-75H2,1-6H3,(H,90,91)(H,92,93)/t78-,79-,80-/m1/s1. The van der Waals surface area contributed by atoms with Crippen LogP contribution in [0.1, 0.15) is 446 Å². The molecule has 0 aliphatic rings. The third kappa shape index (κ3) is 78.0. The predicted molar refractivity (Wildman–Crippen MR) is 423 cm³/mol. The largest absolute Gasteiger partial charge is 0.472 e. The number of aliphatic hydroxyl groups is 1. The molecule has 0 radical (unpaired) electrons. The van der Waals surface area contributed by atoms with Crippen molar-refractivity contribution in [1.82, 2.24) is 0 Å². The van der Waals surface area contributed by atoms with Gasteiger partial charge in [-0.25, -0.2) is 9.13 Å². The van der Waals surface area contributed by atoms with Gasteiger partial charge in [-0.1, -0.05) is 395 Å². The van der Waals surface area contributed by atoms with Gasteiger partial charge in [-0.05, 0) is 37.5 Å². The van der Waals surface area contributed by atoms with Crippen LogP contribution in [0.25, 0.3) is 0 Å². The number of carbonyl (C=O) groups is 4. The first-order valence-electron chi connectivity index (χ1n) is 43.5. The van der Waals surface area contributed by atoms with Crippen molar-refractivity contribution < 1.29 is 80.2 Å². The van der Waals surface area contributed by atoms with Crippen LogP contribution in [0.3, 0.4) is 0 Å². The molecule has 5 atom stereocenters. The maximum Gasteiger partial charge on any atom is 0.472 e. The molecule has 0 aromatic carbocycles. The first kappa shape index (κ1) is 101. The quantitative estimate of drug-likeness (QED) is 0.0222. The zero-order valence-electron chi connectivity index (χ0n) is 67.6. The van der Waals surface area contributed by atoms with E-state index in [1.807, 2.05) is 0 Å². The van der Waals surface area contributed by atoms with Crippen LogP contribution < -0.4 is 0 Å². The van der Waals surface area contributed by atoms with E-state index in [0.717, 1.165) is 102 Å². The second kappa shape index (κ2) is 75.5. The Morgan fingerprint density at radius 1 is 0.262 bits per heavy atom. The van der Waals surface area contributed by atoms with Crippen LogP contribution in [0.5, 0.6) is 0 Å². The van der Waals surface area contributed by atoms with Crippen molar-refractivity contribution in [3.63, 3.8) is 0 Å². The average molecular weight is 1510 g/mol. The van der Waals surface area contributed by atoms with Crippen molar-refractivity contribution in [3.05, 3.63) is 0 Å². The lowest BCUT2D eigenvalue weighted by molar-refractivity contribution is -0.161. The highest BCUT2D eigenvalue weighted by Crippen LogP contribution is 2.45. The fourth-order valence-corrected chi connectivity index (χ4v) is 14.6. The molecular formula is C84H164O17P2. The van der Waals surface area contributed by atoms with Gasteiger partial charge in [-0.2, -0.15) is 0 Å². The molecule has 3 N–H and O–H groups in total. The molecule has 0 bridgehead atoms. The third-order valence-electron chi connectivity index (χ3n) is 19.7. The van der Waals surface area contributed by atoms with Crippen molar-refractivity contribution in [2.45, 2.75) is 464 Å². The minimum Gasteiger partial charge on any atom is -0.462 e. The highest BCUT2D eigenvalue weighted by Gasteiger charge is 2.30. The number of hydrogen-bond acceptors (Lipinski definition) is 15. The van der Waals surface area contributed by atoms with Crippen molar-refractivity contribution in [1.29, 1.82) is 0 Å². The molecule has 0 aliphatic heterocycles. The van der Waals surface area contributed by atoms with Crippen molar-refractivity contribution in [2.24, 2.45) is 11.8 Å². The van der Waals surface area contributed by atoms with Gasteiger partial charge in [0.1, 0.15) is 19.3 Å². The minimum atomic E-state index is -4.96. The van der Waals surface area contributed by atoms with E-state index in [2.05, 4.69) is 41.5 Å². The van der Waals surface area contributed by atoms with Crippen LogP contribution in [0.4, 0.5) is 0 Å². The molecule has 17 nitrogen and oxygen atoms in total. The van der Waals surface area contributed by atoms with Gasteiger partial charge in [0.25, 0.3) is 0 Å². The first-order valence-corrected chi connectivity index (χ1v) is 46.5. The summed E-state index contributed by atoms with van der Waals surface area (Å²) in [4.78, 5) is 73.1. The lowest BCUT2D eigenvalue weighted by Crippen LogP contribution is -2.30. The number of ether oxygens (including phenoxy) is 4. The van der Waals surface area contributed by atoms with E-state index in [0.29, 0.717) is 31.6 Å². The number of rotatable bonds is 83. The van der Waals surface area contributed by atoms with Crippen LogP contribution in [-0.4, -0.2) is 96.7 Å². The van der Waals surface area contributed by atoms with E-state index < -0.39 is 97.5 Å². The van der Waals surface area contributed by atoms with E-state index in [4.69, 9.17) is 37.0 Å². The molecule has 612 valence electrons. The summed E-state index contributed by atoms with van der Waals surface area (Å²) in [6.07, 6.45) is 66.8. The molecule has 2 unspecified atom stereocenters. The van der Waals surface area contributed by atoms with Gasteiger partial charge < -0.3 is 33.8 Å². The predicted octanol–water partition coefficient (Wildman–Crippen LogP) is 25.5. The van der Waals surface area contributed by atoms with Crippen LogP contribution in [-0.2, 0) is 65.4 Å². The normalized spacial score (nSPS) is 13.9. The highest BCUT2D eigenvalue weighted by atomic mass is 31.2. The maximum absolute atomic E-state index is 13.1. The second-order valence-electron chi connectivity index (χ2n) is 31.2. The average Bonchev–Trinajstić information content (AvgIpc) is 0.949.